The van der Waals surface area contributed by atoms with Gasteiger partial charge in [0, 0.05) is 18.5 Å². The molecular formula is C19H21N5O3S. The summed E-state index contributed by atoms with van der Waals surface area (Å²) < 4.78 is 1.62. The second kappa shape index (κ2) is 7.75. The Morgan fingerprint density at radius 2 is 2.11 bits per heavy atom. The molecule has 1 aliphatic heterocycles. The number of rotatable bonds is 5. The Kier molecular flexibility index (Phi) is 5.17. The van der Waals surface area contributed by atoms with Crippen LogP contribution in [0.4, 0.5) is 0 Å². The van der Waals surface area contributed by atoms with Gasteiger partial charge in [-0.1, -0.05) is 36.9 Å². The number of piperidine rings is 1. The molecule has 1 aliphatic rings. The van der Waals surface area contributed by atoms with Crippen molar-refractivity contribution in [3.63, 3.8) is 0 Å². The summed E-state index contributed by atoms with van der Waals surface area (Å²) in [6.07, 6.45) is 2.20. The van der Waals surface area contributed by atoms with E-state index in [0.717, 1.165) is 36.8 Å². The maximum atomic E-state index is 12.5. The van der Waals surface area contributed by atoms with Gasteiger partial charge >= 0.3 is 5.97 Å². The largest absolute Gasteiger partial charge is 0.480 e. The molecule has 2 aromatic heterocycles. The van der Waals surface area contributed by atoms with Crippen molar-refractivity contribution in [2.45, 2.75) is 31.5 Å². The first-order valence-corrected chi connectivity index (χ1v) is 10.3. The Morgan fingerprint density at radius 3 is 2.89 bits per heavy atom. The summed E-state index contributed by atoms with van der Waals surface area (Å²) in [6, 6.07) is 7.44. The highest BCUT2D eigenvalue weighted by Crippen LogP contribution is 2.27. The summed E-state index contributed by atoms with van der Waals surface area (Å²) in [6.45, 7) is 3.55. The molecule has 28 heavy (non-hydrogen) atoms. The molecule has 1 saturated heterocycles. The van der Waals surface area contributed by atoms with E-state index in [-0.39, 0.29) is 18.2 Å². The van der Waals surface area contributed by atoms with E-state index in [0.29, 0.717) is 22.2 Å². The summed E-state index contributed by atoms with van der Waals surface area (Å²) in [4.78, 5) is 30.2. The minimum absolute atomic E-state index is 0.0753. The van der Waals surface area contributed by atoms with Gasteiger partial charge in [-0.25, -0.2) is 4.98 Å². The number of aliphatic carboxylic acids is 1. The number of carboxylic acids is 1. The molecule has 146 valence electrons. The maximum absolute atomic E-state index is 12.5. The second-order valence-corrected chi connectivity index (χ2v) is 8.08. The molecule has 0 saturated carbocycles. The number of likely N-dealkylation sites (tertiary alicyclic amines) is 1. The van der Waals surface area contributed by atoms with Crippen molar-refractivity contribution >= 4 is 45.7 Å². The zero-order valence-corrected chi connectivity index (χ0v) is 16.4. The average molecular weight is 399 g/mol. The van der Waals surface area contributed by atoms with Crippen molar-refractivity contribution in [2.75, 3.05) is 18.8 Å². The highest BCUT2D eigenvalue weighted by molar-refractivity contribution is 7.99. The number of carbonyl (C=O) groups is 2. The first kappa shape index (κ1) is 18.7. The van der Waals surface area contributed by atoms with Crippen LogP contribution in [0.3, 0.4) is 0 Å². The molecule has 0 unspecified atom stereocenters. The Bertz CT molecular complexity index is 1050. The zero-order chi connectivity index (χ0) is 19.7. The molecule has 3 heterocycles. The van der Waals surface area contributed by atoms with Gasteiger partial charge in [0.2, 0.25) is 11.1 Å². The third-order valence-corrected chi connectivity index (χ3v) is 5.80. The van der Waals surface area contributed by atoms with Crippen LogP contribution in [0.5, 0.6) is 0 Å². The quantitative estimate of drug-likeness (QED) is 0.658. The number of hydrogen-bond donors (Lipinski definition) is 1. The van der Waals surface area contributed by atoms with Crippen molar-refractivity contribution in [1.29, 1.82) is 0 Å². The van der Waals surface area contributed by atoms with Gasteiger partial charge < -0.3 is 14.6 Å². The third kappa shape index (κ3) is 3.66. The smallest absolute Gasteiger partial charge is 0.323 e. The van der Waals surface area contributed by atoms with Crippen molar-refractivity contribution in [3.05, 3.63) is 24.3 Å². The maximum Gasteiger partial charge on any atom is 0.323 e. The van der Waals surface area contributed by atoms with Crippen LogP contribution in [0.1, 0.15) is 19.8 Å². The van der Waals surface area contributed by atoms with Crippen LogP contribution in [-0.2, 0) is 16.1 Å². The molecule has 0 spiro atoms. The van der Waals surface area contributed by atoms with E-state index in [1.165, 1.54) is 11.8 Å². The number of amides is 1. The van der Waals surface area contributed by atoms with Crippen LogP contribution >= 0.6 is 11.8 Å². The molecule has 0 bridgehead atoms. The van der Waals surface area contributed by atoms with Gasteiger partial charge in [0.15, 0.2) is 5.65 Å². The van der Waals surface area contributed by atoms with Gasteiger partial charge in [0.1, 0.15) is 12.1 Å². The summed E-state index contributed by atoms with van der Waals surface area (Å²) in [7, 11) is 0. The monoisotopic (exact) mass is 399 g/mol. The number of carbonyl (C=O) groups excluding carboxylic acids is 1. The number of aromatic nitrogens is 4. The Hall–Kier alpha value is -2.68. The lowest BCUT2D eigenvalue weighted by Crippen LogP contribution is -2.40. The van der Waals surface area contributed by atoms with Crippen LogP contribution in [0.2, 0.25) is 0 Å². The lowest BCUT2D eigenvalue weighted by molar-refractivity contribution is -0.137. The number of thioether (sulfide) groups is 1. The Balaban J connectivity index is 1.59. The van der Waals surface area contributed by atoms with Crippen LogP contribution in [0.15, 0.2) is 29.4 Å². The Morgan fingerprint density at radius 1 is 1.29 bits per heavy atom. The predicted molar refractivity (Wildman–Crippen MR) is 106 cm³/mol. The van der Waals surface area contributed by atoms with Crippen molar-refractivity contribution in [2.24, 2.45) is 5.92 Å². The molecule has 3 aromatic rings. The standard InChI is InChI=1S/C19H21N5O3S/c1-12-5-4-8-23(9-12)15(25)11-28-19-20-18-17(21-22-19)13-6-2-3-7-14(13)24(18)10-16(26)27/h2-3,6-7,12H,4-5,8-11H2,1H3,(H,26,27)/t12-/m0/s1. The average Bonchev–Trinajstić information content (AvgIpc) is 2.99. The second-order valence-electron chi connectivity index (χ2n) is 7.14. The topological polar surface area (TPSA) is 101 Å². The van der Waals surface area contributed by atoms with Crippen LogP contribution < -0.4 is 0 Å². The van der Waals surface area contributed by atoms with E-state index in [1.54, 1.807) is 4.57 Å². The molecule has 4 rings (SSSR count). The predicted octanol–water partition coefficient (Wildman–Crippen LogP) is 2.41. The number of para-hydroxylation sites is 1. The van der Waals surface area contributed by atoms with Gasteiger partial charge in [0.25, 0.3) is 0 Å². The lowest BCUT2D eigenvalue weighted by atomic mass is 10.0. The highest BCUT2D eigenvalue weighted by Gasteiger charge is 2.22. The molecule has 1 N–H and O–H groups in total. The fraction of sp³-hybridized carbons (Fsp3) is 0.421. The molecular weight excluding hydrogens is 378 g/mol. The molecule has 1 amide bonds. The van der Waals surface area contributed by atoms with E-state index in [9.17, 15) is 14.7 Å². The van der Waals surface area contributed by atoms with Crippen LogP contribution in [0, 0.1) is 5.92 Å². The Labute approximate surface area is 165 Å². The summed E-state index contributed by atoms with van der Waals surface area (Å²) in [5.74, 6) is -0.0983. The van der Waals surface area contributed by atoms with E-state index >= 15 is 0 Å². The third-order valence-electron chi connectivity index (χ3n) is 4.98. The molecule has 1 fully saturated rings. The summed E-state index contributed by atoms with van der Waals surface area (Å²) in [5.41, 5.74) is 1.79. The SMILES string of the molecule is C[C@H]1CCCN(C(=O)CSc2nnc3c4ccccc4n(CC(=O)O)c3n2)C1. The van der Waals surface area contributed by atoms with Gasteiger partial charge in [-0.3, -0.25) is 9.59 Å². The van der Waals surface area contributed by atoms with E-state index in [1.807, 2.05) is 29.2 Å². The fourth-order valence-corrected chi connectivity index (χ4v) is 4.36. The zero-order valence-electron chi connectivity index (χ0n) is 15.5. The van der Waals surface area contributed by atoms with E-state index in [2.05, 4.69) is 22.1 Å². The van der Waals surface area contributed by atoms with Crippen LogP contribution in [-0.4, -0.2) is 60.5 Å². The minimum Gasteiger partial charge on any atom is -0.480 e. The number of benzene rings is 1. The number of hydrogen-bond acceptors (Lipinski definition) is 6. The van der Waals surface area contributed by atoms with Crippen LogP contribution in [0.25, 0.3) is 22.1 Å². The molecule has 8 nitrogen and oxygen atoms in total. The molecule has 0 aliphatic carbocycles. The van der Waals surface area contributed by atoms with Gasteiger partial charge in [0.05, 0.1) is 11.3 Å². The van der Waals surface area contributed by atoms with Gasteiger partial charge in [-0.15, -0.1) is 10.2 Å². The van der Waals surface area contributed by atoms with Gasteiger partial charge in [-0.05, 0) is 24.8 Å². The summed E-state index contributed by atoms with van der Waals surface area (Å²) >= 11 is 1.24. The van der Waals surface area contributed by atoms with E-state index < -0.39 is 5.97 Å². The molecule has 0 radical (unpaired) electrons. The first-order valence-electron chi connectivity index (χ1n) is 9.27. The number of nitrogens with zero attached hydrogens (tertiary/aromatic N) is 5. The lowest BCUT2D eigenvalue weighted by Gasteiger charge is -2.30. The van der Waals surface area contributed by atoms with E-state index in [4.69, 9.17) is 0 Å². The number of fused-ring (bicyclic) bond motifs is 3. The normalized spacial score (nSPS) is 17.3. The van der Waals surface area contributed by atoms with Gasteiger partial charge in [-0.2, -0.15) is 0 Å². The molecule has 9 heteroatoms. The number of carboxylic acid groups (broad SMARTS) is 1. The first-order chi connectivity index (χ1) is 13.5. The molecule has 1 aromatic carbocycles. The minimum atomic E-state index is -0.954. The molecule has 1 atom stereocenters. The summed E-state index contributed by atoms with van der Waals surface area (Å²) in [5, 5.41) is 18.9. The van der Waals surface area contributed by atoms with Crippen molar-refractivity contribution < 1.29 is 14.7 Å². The fourth-order valence-electron chi connectivity index (χ4n) is 3.68. The van der Waals surface area contributed by atoms with Crippen molar-refractivity contribution in [1.82, 2.24) is 24.6 Å². The van der Waals surface area contributed by atoms with Crippen molar-refractivity contribution in [3.8, 4) is 0 Å². The highest BCUT2D eigenvalue weighted by atomic mass is 32.2.